The maximum Gasteiger partial charge on any atom is 0.271 e. The van der Waals surface area contributed by atoms with Crippen LogP contribution in [0.5, 0.6) is 0 Å². The van der Waals surface area contributed by atoms with E-state index in [9.17, 15) is 9.59 Å². The zero-order valence-corrected chi connectivity index (χ0v) is 24.0. The van der Waals surface area contributed by atoms with Gasteiger partial charge in [0.05, 0.1) is 6.67 Å². The number of aryl methyl sites for hydroxylation is 1. The Morgan fingerprint density at radius 1 is 0.868 bits per heavy atom. The average Bonchev–Trinajstić information content (AvgIpc) is 2.84. The number of nitrogens with zero attached hydrogens (tertiary/aromatic N) is 7. The number of fused-ring (bicyclic) bond motifs is 2. The summed E-state index contributed by atoms with van der Waals surface area (Å²) in [5, 5.41) is 19.7. The summed E-state index contributed by atoms with van der Waals surface area (Å²) in [6, 6.07) is 0.360. The summed E-state index contributed by atoms with van der Waals surface area (Å²) < 4.78 is 2.99. The van der Waals surface area contributed by atoms with Crippen molar-refractivity contribution < 1.29 is 0 Å². The maximum atomic E-state index is 13.5. The highest BCUT2D eigenvalue weighted by Crippen LogP contribution is 2.24. The molecule has 0 radical (unpaired) electrons. The second-order valence-electron chi connectivity index (χ2n) is 11.3. The van der Waals surface area contributed by atoms with E-state index in [2.05, 4.69) is 49.6 Å². The maximum absolute atomic E-state index is 13.5. The summed E-state index contributed by atoms with van der Waals surface area (Å²) in [6.07, 6.45) is 1.37. The molecule has 0 aliphatic carbocycles. The molecule has 2 aliphatic heterocycles. The highest BCUT2D eigenvalue weighted by atomic mass is 16.1. The van der Waals surface area contributed by atoms with Crippen LogP contribution in [0.4, 0.5) is 11.6 Å². The van der Waals surface area contributed by atoms with Crippen LogP contribution in [0.1, 0.15) is 36.1 Å². The van der Waals surface area contributed by atoms with E-state index >= 15 is 0 Å². The first kappa shape index (κ1) is 28.2. The van der Waals surface area contributed by atoms with Gasteiger partial charge >= 0.3 is 0 Å². The molecule has 12 heteroatoms. The van der Waals surface area contributed by atoms with Gasteiger partial charge in [-0.1, -0.05) is 0 Å². The Morgan fingerprint density at radius 2 is 1.50 bits per heavy atom. The lowest BCUT2D eigenvalue weighted by Gasteiger charge is -2.31. The average molecular weight is 529 g/mol. The fraction of sp³-hybridized carbons (Fsp3) is 0.692. The Bertz CT molecular complexity index is 1250. The molecule has 210 valence electrons. The van der Waals surface area contributed by atoms with Gasteiger partial charge in [0.1, 0.15) is 0 Å². The third kappa shape index (κ3) is 6.42. The Hall–Kier alpha value is -2.80. The molecule has 0 fully saturated rings. The van der Waals surface area contributed by atoms with Gasteiger partial charge in [-0.15, -0.1) is 0 Å². The molecule has 4 heterocycles. The van der Waals surface area contributed by atoms with Crippen LogP contribution in [0.2, 0.25) is 0 Å². The van der Waals surface area contributed by atoms with E-state index in [0.29, 0.717) is 39.1 Å². The summed E-state index contributed by atoms with van der Waals surface area (Å²) in [6.45, 7) is 8.86. The summed E-state index contributed by atoms with van der Waals surface area (Å²) >= 11 is 0. The molecule has 12 nitrogen and oxygen atoms in total. The van der Waals surface area contributed by atoms with Crippen LogP contribution < -0.4 is 27.1 Å². The lowest BCUT2D eigenvalue weighted by Crippen LogP contribution is -2.43. The number of hydrogen-bond acceptors (Lipinski definition) is 10. The zero-order valence-electron chi connectivity index (χ0n) is 24.0. The summed E-state index contributed by atoms with van der Waals surface area (Å²) in [7, 11) is 9.86. The van der Waals surface area contributed by atoms with Gasteiger partial charge in [-0.3, -0.25) is 14.5 Å². The van der Waals surface area contributed by atoms with Crippen molar-refractivity contribution in [2.75, 3.05) is 65.0 Å². The number of aromatic nitrogens is 4. The third-order valence-electron chi connectivity index (χ3n) is 7.11. The van der Waals surface area contributed by atoms with Crippen molar-refractivity contribution in [2.45, 2.75) is 58.5 Å². The SMILES string of the molecule is CC(CN(C)C)Nc1nn(C)c(=O)c2c1CCN(Cn1nc(NC(C)CN(C)C)c3c(c1=O)CCNC3)C2. The van der Waals surface area contributed by atoms with Crippen LogP contribution in [0, 0.1) is 0 Å². The first-order valence-electron chi connectivity index (χ1n) is 13.5. The van der Waals surface area contributed by atoms with Gasteiger partial charge in [-0.05, 0) is 61.4 Å². The predicted molar refractivity (Wildman–Crippen MR) is 151 cm³/mol. The molecule has 0 bridgehead atoms. The first-order valence-corrected chi connectivity index (χ1v) is 13.5. The molecule has 2 aliphatic rings. The number of anilines is 2. The van der Waals surface area contributed by atoms with E-state index < -0.39 is 0 Å². The Labute approximate surface area is 225 Å². The molecule has 0 amide bonds. The number of likely N-dealkylation sites (N-methyl/N-ethyl adjacent to an activating group) is 2. The normalized spacial score (nSPS) is 17.3. The molecule has 4 rings (SSSR count). The fourth-order valence-corrected chi connectivity index (χ4v) is 5.55. The van der Waals surface area contributed by atoms with Crippen molar-refractivity contribution in [1.82, 2.24) is 39.6 Å². The molecule has 0 spiro atoms. The van der Waals surface area contributed by atoms with Crippen LogP contribution in [-0.2, 0) is 39.6 Å². The van der Waals surface area contributed by atoms with Gasteiger partial charge in [-0.25, -0.2) is 9.36 Å². The molecule has 0 saturated heterocycles. The Morgan fingerprint density at radius 3 is 2.13 bits per heavy atom. The lowest BCUT2D eigenvalue weighted by atomic mass is 10.0. The van der Waals surface area contributed by atoms with Crippen molar-refractivity contribution in [2.24, 2.45) is 7.05 Å². The van der Waals surface area contributed by atoms with E-state index in [1.54, 1.807) is 11.7 Å². The minimum atomic E-state index is -0.0906. The standard InChI is InChI=1S/C26H44N10O2/c1-17(13-32(3)4)28-23-19-9-11-35(15-22(19)25(37)34(7)30-23)16-36-26(38)20-8-10-27-12-21(20)24(31-36)29-18(2)14-33(5)6/h17-18,27H,8-16H2,1-7H3,(H,28,30)(H,29,31). The number of hydrogen-bond donors (Lipinski definition) is 3. The lowest BCUT2D eigenvalue weighted by molar-refractivity contribution is 0.183. The largest absolute Gasteiger partial charge is 0.365 e. The van der Waals surface area contributed by atoms with Crippen molar-refractivity contribution in [3.05, 3.63) is 43.0 Å². The Kier molecular flexibility index (Phi) is 8.86. The van der Waals surface area contributed by atoms with Crippen LogP contribution >= 0.6 is 0 Å². The second-order valence-corrected chi connectivity index (χ2v) is 11.3. The molecule has 0 saturated carbocycles. The molecular formula is C26H44N10O2. The highest BCUT2D eigenvalue weighted by molar-refractivity contribution is 5.50. The molecule has 2 atom stereocenters. The molecular weight excluding hydrogens is 484 g/mol. The van der Waals surface area contributed by atoms with E-state index in [1.165, 1.54) is 4.68 Å². The summed E-state index contributed by atoms with van der Waals surface area (Å²) in [5.41, 5.74) is 3.38. The minimum absolute atomic E-state index is 0.0411. The minimum Gasteiger partial charge on any atom is -0.365 e. The second kappa shape index (κ2) is 11.9. The van der Waals surface area contributed by atoms with E-state index in [1.807, 2.05) is 28.2 Å². The molecule has 2 aromatic heterocycles. The van der Waals surface area contributed by atoms with Crippen molar-refractivity contribution in [1.29, 1.82) is 0 Å². The Balaban J connectivity index is 1.60. The number of rotatable bonds is 10. The summed E-state index contributed by atoms with van der Waals surface area (Å²) in [4.78, 5) is 32.9. The fourth-order valence-electron chi connectivity index (χ4n) is 5.55. The van der Waals surface area contributed by atoms with Gasteiger partial charge in [-0.2, -0.15) is 10.2 Å². The van der Waals surface area contributed by atoms with Crippen molar-refractivity contribution in [3.8, 4) is 0 Å². The molecule has 2 aromatic rings. The molecule has 0 aromatic carbocycles. The van der Waals surface area contributed by atoms with E-state index in [0.717, 1.165) is 53.5 Å². The monoisotopic (exact) mass is 528 g/mol. The quantitative estimate of drug-likeness (QED) is 0.380. The van der Waals surface area contributed by atoms with Crippen LogP contribution in [0.3, 0.4) is 0 Å². The zero-order chi connectivity index (χ0) is 27.6. The van der Waals surface area contributed by atoms with E-state index in [4.69, 9.17) is 5.10 Å². The van der Waals surface area contributed by atoms with Gasteiger partial charge < -0.3 is 25.8 Å². The number of nitrogens with one attached hydrogen (secondary N) is 3. The molecule has 2 unspecified atom stereocenters. The molecule has 38 heavy (non-hydrogen) atoms. The van der Waals surface area contributed by atoms with Crippen molar-refractivity contribution >= 4 is 11.6 Å². The third-order valence-corrected chi connectivity index (χ3v) is 7.11. The summed E-state index contributed by atoms with van der Waals surface area (Å²) in [5.74, 6) is 1.54. The highest BCUT2D eigenvalue weighted by Gasteiger charge is 2.27. The van der Waals surface area contributed by atoms with Crippen LogP contribution in [0.15, 0.2) is 9.59 Å². The van der Waals surface area contributed by atoms with Gasteiger partial charge in [0.25, 0.3) is 11.1 Å². The smallest absolute Gasteiger partial charge is 0.271 e. The first-order chi connectivity index (χ1) is 18.0. The van der Waals surface area contributed by atoms with E-state index in [-0.39, 0.29) is 23.2 Å². The van der Waals surface area contributed by atoms with Gasteiger partial charge in [0.15, 0.2) is 11.6 Å². The van der Waals surface area contributed by atoms with Gasteiger partial charge in [0, 0.05) is 74.1 Å². The van der Waals surface area contributed by atoms with Crippen LogP contribution in [0.25, 0.3) is 0 Å². The van der Waals surface area contributed by atoms with Gasteiger partial charge in [0.2, 0.25) is 0 Å². The topological polar surface area (TPSA) is 116 Å². The van der Waals surface area contributed by atoms with Crippen molar-refractivity contribution in [3.63, 3.8) is 0 Å². The molecule has 3 N–H and O–H groups in total. The predicted octanol–water partition coefficient (Wildman–Crippen LogP) is -0.277. The van der Waals surface area contributed by atoms with Crippen LogP contribution in [-0.4, -0.2) is 101 Å².